The van der Waals surface area contributed by atoms with Gasteiger partial charge in [-0.1, -0.05) is 0 Å². The Morgan fingerprint density at radius 3 is 2.24 bits per heavy atom. The summed E-state index contributed by atoms with van der Waals surface area (Å²) >= 11 is 1.80. The average Bonchev–Trinajstić information content (AvgIpc) is 2.97. The lowest BCUT2D eigenvalue weighted by Gasteiger charge is -2.35. The van der Waals surface area contributed by atoms with Crippen LogP contribution in [0.3, 0.4) is 0 Å². The molecular formula is C16H20FN3S. The SMILES string of the molecule is NCc1ccc(CN2CCN(c3ccc(F)cc3)CC2)s1. The molecule has 1 aliphatic rings. The first-order valence-electron chi connectivity index (χ1n) is 7.25. The fraction of sp³-hybridized carbons (Fsp3) is 0.375. The van der Waals surface area contributed by atoms with E-state index in [-0.39, 0.29) is 5.82 Å². The minimum Gasteiger partial charge on any atom is -0.369 e. The second-order valence-electron chi connectivity index (χ2n) is 5.31. The predicted molar refractivity (Wildman–Crippen MR) is 86.1 cm³/mol. The third-order valence-corrected chi connectivity index (χ3v) is 4.95. The van der Waals surface area contributed by atoms with Gasteiger partial charge in [-0.3, -0.25) is 4.90 Å². The van der Waals surface area contributed by atoms with Crippen LogP contribution in [0.2, 0.25) is 0 Å². The molecule has 0 bridgehead atoms. The highest BCUT2D eigenvalue weighted by Crippen LogP contribution is 2.21. The lowest BCUT2D eigenvalue weighted by molar-refractivity contribution is 0.252. The number of benzene rings is 1. The number of rotatable bonds is 4. The summed E-state index contributed by atoms with van der Waals surface area (Å²) in [7, 11) is 0. The zero-order valence-electron chi connectivity index (χ0n) is 12.0. The van der Waals surface area contributed by atoms with Gasteiger partial charge in [-0.15, -0.1) is 11.3 Å². The second kappa shape index (κ2) is 6.56. The number of halogens is 1. The molecule has 112 valence electrons. The van der Waals surface area contributed by atoms with Crippen LogP contribution in [-0.4, -0.2) is 31.1 Å². The third kappa shape index (κ3) is 3.61. The van der Waals surface area contributed by atoms with Crippen LogP contribution in [0.15, 0.2) is 36.4 Å². The van der Waals surface area contributed by atoms with Crippen molar-refractivity contribution in [1.82, 2.24) is 4.90 Å². The third-order valence-electron chi connectivity index (χ3n) is 3.86. The Morgan fingerprint density at radius 1 is 0.952 bits per heavy atom. The molecule has 21 heavy (non-hydrogen) atoms. The van der Waals surface area contributed by atoms with E-state index in [0.29, 0.717) is 6.54 Å². The largest absolute Gasteiger partial charge is 0.369 e. The standard InChI is InChI=1S/C16H20FN3S/c17-13-1-3-14(4-2-13)20-9-7-19(8-10-20)12-16-6-5-15(11-18)21-16/h1-6H,7-12,18H2. The summed E-state index contributed by atoms with van der Waals surface area (Å²) in [5, 5.41) is 0. The number of anilines is 1. The summed E-state index contributed by atoms with van der Waals surface area (Å²) < 4.78 is 13.0. The number of hydrogen-bond acceptors (Lipinski definition) is 4. The van der Waals surface area contributed by atoms with E-state index in [2.05, 4.69) is 21.9 Å². The molecule has 1 aliphatic heterocycles. The van der Waals surface area contributed by atoms with Gasteiger partial charge < -0.3 is 10.6 Å². The molecule has 1 fully saturated rings. The van der Waals surface area contributed by atoms with E-state index in [1.54, 1.807) is 11.3 Å². The van der Waals surface area contributed by atoms with Gasteiger partial charge in [0.2, 0.25) is 0 Å². The Hall–Kier alpha value is -1.43. The maximum absolute atomic E-state index is 13.0. The lowest BCUT2D eigenvalue weighted by atomic mass is 10.2. The normalized spacial score (nSPS) is 16.4. The second-order valence-corrected chi connectivity index (χ2v) is 6.56. The van der Waals surface area contributed by atoms with Crippen LogP contribution >= 0.6 is 11.3 Å². The minimum atomic E-state index is -0.175. The summed E-state index contributed by atoms with van der Waals surface area (Å²) in [6.07, 6.45) is 0. The van der Waals surface area contributed by atoms with Gasteiger partial charge in [-0.25, -0.2) is 4.39 Å². The Morgan fingerprint density at radius 2 is 1.62 bits per heavy atom. The molecule has 3 nitrogen and oxygen atoms in total. The van der Waals surface area contributed by atoms with Gasteiger partial charge in [0, 0.05) is 54.7 Å². The molecule has 5 heteroatoms. The molecule has 0 atom stereocenters. The van der Waals surface area contributed by atoms with Crippen molar-refractivity contribution >= 4 is 17.0 Å². The monoisotopic (exact) mass is 305 g/mol. The van der Waals surface area contributed by atoms with Gasteiger partial charge in [0.05, 0.1) is 0 Å². The maximum atomic E-state index is 13.0. The molecule has 0 unspecified atom stereocenters. The van der Waals surface area contributed by atoms with Crippen LogP contribution in [-0.2, 0) is 13.1 Å². The summed E-state index contributed by atoms with van der Waals surface area (Å²) in [6, 6.07) is 11.1. The first kappa shape index (κ1) is 14.5. The van der Waals surface area contributed by atoms with Gasteiger partial charge in [0.15, 0.2) is 0 Å². The molecule has 1 aromatic heterocycles. The molecule has 0 spiro atoms. The lowest BCUT2D eigenvalue weighted by Crippen LogP contribution is -2.45. The van der Waals surface area contributed by atoms with E-state index < -0.39 is 0 Å². The van der Waals surface area contributed by atoms with Gasteiger partial charge in [0.1, 0.15) is 5.82 Å². The Labute approximate surface area is 128 Å². The number of nitrogens with zero attached hydrogens (tertiary/aromatic N) is 2. The molecule has 0 aliphatic carbocycles. The van der Waals surface area contributed by atoms with Crippen LogP contribution in [0.25, 0.3) is 0 Å². The van der Waals surface area contributed by atoms with Crippen molar-refractivity contribution in [2.24, 2.45) is 5.73 Å². The first-order valence-corrected chi connectivity index (χ1v) is 8.07. The summed E-state index contributed by atoms with van der Waals surface area (Å²) in [5.74, 6) is -0.175. The van der Waals surface area contributed by atoms with Gasteiger partial charge in [0.25, 0.3) is 0 Å². The highest BCUT2D eigenvalue weighted by atomic mass is 32.1. The highest BCUT2D eigenvalue weighted by Gasteiger charge is 2.17. The molecule has 0 saturated carbocycles. The molecule has 2 N–H and O–H groups in total. The van der Waals surface area contributed by atoms with Gasteiger partial charge >= 0.3 is 0 Å². The van der Waals surface area contributed by atoms with E-state index in [1.807, 2.05) is 12.1 Å². The van der Waals surface area contributed by atoms with Crippen LogP contribution in [0.5, 0.6) is 0 Å². The number of hydrogen-bond donors (Lipinski definition) is 1. The van der Waals surface area contributed by atoms with E-state index in [4.69, 9.17) is 5.73 Å². The molecule has 3 rings (SSSR count). The number of piperazine rings is 1. The summed E-state index contributed by atoms with van der Waals surface area (Å²) in [4.78, 5) is 7.41. The smallest absolute Gasteiger partial charge is 0.123 e. The van der Waals surface area contributed by atoms with Gasteiger partial charge in [-0.05, 0) is 36.4 Å². The van der Waals surface area contributed by atoms with Crippen LogP contribution in [0, 0.1) is 5.82 Å². The van der Waals surface area contributed by atoms with Crippen LogP contribution in [0.4, 0.5) is 10.1 Å². The molecule has 0 radical (unpaired) electrons. The summed E-state index contributed by atoms with van der Waals surface area (Å²) in [6.45, 7) is 5.67. The number of nitrogens with two attached hydrogens (primary N) is 1. The Kier molecular flexibility index (Phi) is 4.53. The first-order chi connectivity index (χ1) is 10.2. The van der Waals surface area contributed by atoms with Crippen LogP contribution < -0.4 is 10.6 Å². The zero-order chi connectivity index (χ0) is 14.7. The van der Waals surface area contributed by atoms with E-state index in [9.17, 15) is 4.39 Å². The molecule has 0 amide bonds. The van der Waals surface area contributed by atoms with Crippen molar-refractivity contribution in [3.05, 3.63) is 52.0 Å². The van der Waals surface area contributed by atoms with Crippen molar-refractivity contribution in [3.8, 4) is 0 Å². The fourth-order valence-corrected chi connectivity index (χ4v) is 3.59. The topological polar surface area (TPSA) is 32.5 Å². The van der Waals surface area contributed by atoms with E-state index in [0.717, 1.165) is 38.4 Å². The van der Waals surface area contributed by atoms with Crippen molar-refractivity contribution in [3.63, 3.8) is 0 Å². The Bertz CT molecular complexity index is 573. The number of thiophene rings is 1. The molecule has 1 saturated heterocycles. The van der Waals surface area contributed by atoms with Gasteiger partial charge in [-0.2, -0.15) is 0 Å². The van der Waals surface area contributed by atoms with Crippen molar-refractivity contribution in [1.29, 1.82) is 0 Å². The zero-order valence-corrected chi connectivity index (χ0v) is 12.8. The Balaban J connectivity index is 1.54. The van der Waals surface area contributed by atoms with Crippen molar-refractivity contribution in [2.75, 3.05) is 31.1 Å². The van der Waals surface area contributed by atoms with E-state index in [1.165, 1.54) is 21.9 Å². The van der Waals surface area contributed by atoms with Crippen molar-refractivity contribution < 1.29 is 4.39 Å². The minimum absolute atomic E-state index is 0.175. The quantitative estimate of drug-likeness (QED) is 0.942. The molecule has 2 aromatic rings. The van der Waals surface area contributed by atoms with E-state index >= 15 is 0 Å². The highest BCUT2D eigenvalue weighted by molar-refractivity contribution is 7.11. The molecular weight excluding hydrogens is 285 g/mol. The van der Waals surface area contributed by atoms with Crippen molar-refractivity contribution in [2.45, 2.75) is 13.1 Å². The summed E-state index contributed by atoms with van der Waals surface area (Å²) in [5.41, 5.74) is 6.76. The molecule has 1 aromatic carbocycles. The average molecular weight is 305 g/mol. The fourth-order valence-electron chi connectivity index (χ4n) is 2.65. The van der Waals surface area contributed by atoms with Crippen LogP contribution in [0.1, 0.15) is 9.75 Å². The molecule has 2 heterocycles. The predicted octanol–water partition coefficient (Wildman–Crippen LogP) is 2.67. The maximum Gasteiger partial charge on any atom is 0.123 e.